The number of aromatic nitrogens is 4. The number of nitrogens with two attached hydrogens (primary N) is 1. The summed E-state index contributed by atoms with van der Waals surface area (Å²) >= 11 is 0. The number of ether oxygens (including phenoxy) is 3. The second-order valence-corrected chi connectivity index (χ2v) is 15.6. The maximum absolute atomic E-state index is 13.1. The number of phosphoric ester groups is 1. The number of aliphatic hydroxyl groups excluding tert-OH is 2. The third-order valence-corrected chi connectivity index (χ3v) is 10.8. The zero-order valence-electron chi connectivity index (χ0n) is 32.4. The summed E-state index contributed by atoms with van der Waals surface area (Å²) in [4.78, 5) is 18.7. The molecule has 16 nitrogen and oxygen atoms in total. The van der Waals surface area contributed by atoms with Crippen LogP contribution < -0.4 is 5.73 Å². The highest BCUT2D eigenvalue weighted by Crippen LogP contribution is 2.50. The van der Waals surface area contributed by atoms with Crippen LogP contribution in [-0.4, -0.2) is 79.1 Å². The topological polar surface area (TPSA) is 241 Å². The summed E-state index contributed by atoms with van der Waals surface area (Å²) in [7, 11) is -5.00. The van der Waals surface area contributed by atoms with Gasteiger partial charge in [-0.25, -0.2) is 19.0 Å². The Morgan fingerprint density at radius 2 is 1.59 bits per heavy atom. The Bertz CT molecular complexity index is 1750. The minimum atomic E-state index is -5.00. The number of hydrogen-bond acceptors (Lipinski definition) is 14. The molecular formula is C39H58N7O9P. The van der Waals surface area contributed by atoms with Gasteiger partial charge < -0.3 is 35.1 Å². The van der Waals surface area contributed by atoms with E-state index in [2.05, 4.69) is 22.0 Å². The van der Waals surface area contributed by atoms with E-state index in [-0.39, 0.29) is 30.4 Å². The smallest absolute Gasteiger partial charge is 0.386 e. The number of hydrogen-bond donors (Lipinski definition) is 4. The average Bonchev–Trinajstić information content (AvgIpc) is 3.74. The molecule has 1 fully saturated rings. The third kappa shape index (κ3) is 13.5. The Balaban J connectivity index is 1.21. The first kappa shape index (κ1) is 45.2. The first-order valence-corrected chi connectivity index (χ1v) is 21.4. The Hall–Kier alpha value is -3.54. The molecule has 3 aromatic rings. The standard InChI is InChI=1S/C39H58N7O9P/c1-2-3-4-5-6-7-8-9-10-11-12-13-14-15-16-17-23-51-26-32(52-25-31-20-18-19-30(24-40)45-31)27-53-56(49,50)55-38-35(47)36(48)39(28-41,54-38)34-22-21-33-37(42)43-29-44-46(33)34/h18-22,29,32,35-36,38,47-48H,2-17,23,25-27H2,1H3,(H,49,50)(H2,42,43,44)/t32-,35+,36-,38-,39+/m1/s1. The van der Waals surface area contributed by atoms with Crippen molar-refractivity contribution in [3.8, 4) is 12.1 Å². The molecule has 56 heavy (non-hydrogen) atoms. The van der Waals surface area contributed by atoms with E-state index < -0.39 is 44.6 Å². The summed E-state index contributed by atoms with van der Waals surface area (Å²) in [6, 6.07) is 11.6. The van der Waals surface area contributed by atoms with Gasteiger partial charge in [0.2, 0.25) is 5.60 Å². The molecule has 4 rings (SSSR count). The van der Waals surface area contributed by atoms with Crippen molar-refractivity contribution < 1.29 is 42.9 Å². The molecule has 0 amide bonds. The summed E-state index contributed by atoms with van der Waals surface area (Å²) in [5.74, 6) is 0.0905. The number of nitrogens with zero attached hydrogens (tertiary/aromatic N) is 6. The molecular weight excluding hydrogens is 741 g/mol. The number of rotatable bonds is 28. The zero-order chi connectivity index (χ0) is 40.2. The number of aliphatic hydroxyl groups is 2. The lowest BCUT2D eigenvalue weighted by atomic mass is 9.93. The first-order chi connectivity index (χ1) is 27.1. The van der Waals surface area contributed by atoms with E-state index in [4.69, 9.17) is 29.0 Å². The van der Waals surface area contributed by atoms with Crippen molar-refractivity contribution in [3.05, 3.63) is 53.7 Å². The first-order valence-electron chi connectivity index (χ1n) is 19.9. The van der Waals surface area contributed by atoms with Crippen molar-refractivity contribution in [1.29, 1.82) is 10.5 Å². The molecule has 1 aliphatic rings. The van der Waals surface area contributed by atoms with Crippen LogP contribution in [0, 0.1) is 22.7 Å². The van der Waals surface area contributed by atoms with E-state index in [1.54, 1.807) is 18.2 Å². The number of phosphoric acid groups is 1. The normalized spacial score (nSPS) is 21.1. The lowest BCUT2D eigenvalue weighted by Gasteiger charge is -2.24. The molecule has 1 unspecified atom stereocenters. The average molecular weight is 800 g/mol. The highest BCUT2D eigenvalue weighted by atomic mass is 31.2. The Kier molecular flexibility index (Phi) is 19.1. The second-order valence-electron chi connectivity index (χ2n) is 14.2. The minimum absolute atomic E-state index is 0.0144. The summed E-state index contributed by atoms with van der Waals surface area (Å²) in [6.07, 6.45) is 14.7. The molecule has 6 atom stereocenters. The van der Waals surface area contributed by atoms with Crippen LogP contribution in [0.4, 0.5) is 5.82 Å². The Morgan fingerprint density at radius 1 is 0.946 bits per heavy atom. The summed E-state index contributed by atoms with van der Waals surface area (Å²) < 4.78 is 42.2. The fourth-order valence-corrected chi connectivity index (χ4v) is 7.51. The number of nitrogen functional groups attached to an aromatic ring is 1. The molecule has 3 aromatic heterocycles. The lowest BCUT2D eigenvalue weighted by Crippen LogP contribution is -2.40. The molecule has 4 heterocycles. The van der Waals surface area contributed by atoms with Gasteiger partial charge >= 0.3 is 7.82 Å². The summed E-state index contributed by atoms with van der Waals surface area (Å²) in [6.45, 7) is 2.21. The van der Waals surface area contributed by atoms with Gasteiger partial charge in [-0.1, -0.05) is 109 Å². The summed E-state index contributed by atoms with van der Waals surface area (Å²) in [5.41, 5.74) is 4.60. The predicted molar refractivity (Wildman–Crippen MR) is 206 cm³/mol. The number of nitriles is 2. The SMILES string of the molecule is CCCCCCCCCCCCCCCCCCOC[C@H](COP(=O)(O)O[C@H]1O[C@@](C#N)(c2ccc3c(N)ncnn23)[C@H](O)[C@@H]1O)OCc1cccc(C#N)n1. The second kappa shape index (κ2) is 23.6. The van der Waals surface area contributed by atoms with Crippen LogP contribution in [0.3, 0.4) is 0 Å². The van der Waals surface area contributed by atoms with Crippen LogP contribution in [0.2, 0.25) is 0 Å². The molecule has 17 heteroatoms. The van der Waals surface area contributed by atoms with Crippen LogP contribution in [-0.2, 0) is 40.0 Å². The fraction of sp³-hybridized carbons (Fsp3) is 0.667. The number of fused-ring (bicyclic) bond motifs is 1. The van der Waals surface area contributed by atoms with Gasteiger partial charge in [0.05, 0.1) is 31.2 Å². The quantitative estimate of drug-likeness (QED) is 0.0461. The molecule has 5 N–H and O–H groups in total. The van der Waals surface area contributed by atoms with Gasteiger partial charge in [0.1, 0.15) is 48.0 Å². The summed E-state index contributed by atoms with van der Waals surface area (Å²) in [5, 5.41) is 45.1. The van der Waals surface area contributed by atoms with Crippen molar-refractivity contribution in [3.63, 3.8) is 0 Å². The van der Waals surface area contributed by atoms with Gasteiger partial charge in [-0.2, -0.15) is 15.6 Å². The molecule has 308 valence electrons. The zero-order valence-corrected chi connectivity index (χ0v) is 33.3. The largest absolute Gasteiger partial charge is 0.474 e. The van der Waals surface area contributed by atoms with Crippen LogP contribution in [0.15, 0.2) is 36.7 Å². The molecule has 0 aromatic carbocycles. The van der Waals surface area contributed by atoms with Crippen molar-refractivity contribution in [2.45, 2.75) is 146 Å². The van der Waals surface area contributed by atoms with Crippen molar-refractivity contribution >= 4 is 19.2 Å². The van der Waals surface area contributed by atoms with Gasteiger partial charge in [0.15, 0.2) is 12.1 Å². The van der Waals surface area contributed by atoms with E-state index in [9.17, 15) is 30.2 Å². The van der Waals surface area contributed by atoms with E-state index in [1.165, 1.54) is 100 Å². The molecule has 1 saturated heterocycles. The van der Waals surface area contributed by atoms with Crippen molar-refractivity contribution in [2.24, 2.45) is 0 Å². The molecule has 0 bridgehead atoms. The number of anilines is 1. The molecule has 0 saturated carbocycles. The highest BCUT2D eigenvalue weighted by Gasteiger charge is 2.59. The van der Waals surface area contributed by atoms with Gasteiger partial charge in [-0.3, -0.25) is 9.05 Å². The highest BCUT2D eigenvalue weighted by molar-refractivity contribution is 7.47. The number of pyridine rings is 1. The maximum Gasteiger partial charge on any atom is 0.474 e. The van der Waals surface area contributed by atoms with Crippen LogP contribution in [0.1, 0.15) is 127 Å². The van der Waals surface area contributed by atoms with Gasteiger partial charge in [0.25, 0.3) is 0 Å². The number of unbranched alkanes of at least 4 members (excludes halogenated alkanes) is 15. The molecule has 0 radical (unpaired) electrons. The van der Waals surface area contributed by atoms with E-state index in [0.717, 1.165) is 25.6 Å². The van der Waals surface area contributed by atoms with Crippen LogP contribution >= 0.6 is 7.82 Å². The molecule has 1 aliphatic heterocycles. The van der Waals surface area contributed by atoms with Crippen LogP contribution in [0.5, 0.6) is 0 Å². The van der Waals surface area contributed by atoms with Gasteiger partial charge in [-0.15, -0.1) is 0 Å². The Labute approximate surface area is 329 Å². The minimum Gasteiger partial charge on any atom is -0.386 e. The fourth-order valence-electron chi connectivity index (χ4n) is 6.67. The Morgan fingerprint density at radius 3 is 2.21 bits per heavy atom. The van der Waals surface area contributed by atoms with E-state index in [1.807, 2.05) is 12.1 Å². The molecule has 0 spiro atoms. The van der Waals surface area contributed by atoms with Gasteiger partial charge in [0, 0.05) is 6.61 Å². The van der Waals surface area contributed by atoms with E-state index >= 15 is 0 Å². The third-order valence-electron chi connectivity index (χ3n) is 9.84. The molecule has 0 aliphatic carbocycles. The lowest BCUT2D eigenvalue weighted by molar-refractivity contribution is -0.145. The van der Waals surface area contributed by atoms with E-state index in [0.29, 0.717) is 17.8 Å². The van der Waals surface area contributed by atoms with Crippen LogP contribution in [0.25, 0.3) is 5.52 Å². The monoisotopic (exact) mass is 799 g/mol. The van der Waals surface area contributed by atoms with Gasteiger partial charge in [-0.05, 0) is 30.7 Å². The maximum atomic E-state index is 13.1. The van der Waals surface area contributed by atoms with Crippen molar-refractivity contribution in [2.75, 3.05) is 25.6 Å². The predicted octanol–water partition coefficient (Wildman–Crippen LogP) is 6.37. The van der Waals surface area contributed by atoms with Crippen molar-refractivity contribution in [1.82, 2.24) is 19.6 Å².